The Kier molecular flexibility index (Phi) is 5.88. The first-order chi connectivity index (χ1) is 10.1. The summed E-state index contributed by atoms with van der Waals surface area (Å²) in [6.07, 6.45) is 3.44. The maximum Gasteiger partial charge on any atom is 0.407 e. The third-order valence-electron chi connectivity index (χ3n) is 3.89. The number of amides is 1. The third-order valence-corrected chi connectivity index (χ3v) is 4.23. The second-order valence-electron chi connectivity index (χ2n) is 5.56. The Morgan fingerprint density at radius 3 is 2.67 bits per heavy atom. The molecule has 1 aliphatic rings. The van der Waals surface area contributed by atoms with Crippen LogP contribution in [0.4, 0.5) is 4.79 Å². The van der Waals surface area contributed by atoms with E-state index >= 15 is 0 Å². The molecular formula is C16H22ClNO3. The number of hydrogen-bond acceptors (Lipinski definition) is 3. The van der Waals surface area contributed by atoms with Crippen LogP contribution in [0.15, 0.2) is 24.3 Å². The Labute approximate surface area is 130 Å². The lowest BCUT2D eigenvalue weighted by atomic mass is 9.96. The van der Waals surface area contributed by atoms with E-state index in [2.05, 4.69) is 5.32 Å². The highest BCUT2D eigenvalue weighted by Gasteiger charge is 2.24. The van der Waals surface area contributed by atoms with Crippen molar-refractivity contribution in [3.05, 3.63) is 34.9 Å². The van der Waals surface area contributed by atoms with E-state index in [0.29, 0.717) is 10.6 Å². The fraction of sp³-hybridized carbons (Fsp3) is 0.562. The van der Waals surface area contributed by atoms with Crippen molar-refractivity contribution < 1.29 is 14.6 Å². The Balaban J connectivity index is 1.86. The Morgan fingerprint density at radius 2 is 2.00 bits per heavy atom. The molecule has 5 heteroatoms. The largest absolute Gasteiger partial charge is 0.443 e. The van der Waals surface area contributed by atoms with Gasteiger partial charge in [-0.2, -0.15) is 0 Å². The number of carbonyl (C=O) groups excluding carboxylic acids is 1. The molecule has 0 aliphatic heterocycles. The SMILES string of the molecule is CC(OC(=O)NC1CCCCC1)[C@@H](O)c1ccccc1Cl. The molecule has 2 atom stereocenters. The summed E-state index contributed by atoms with van der Waals surface area (Å²) < 4.78 is 5.27. The van der Waals surface area contributed by atoms with Gasteiger partial charge in [0.15, 0.2) is 0 Å². The van der Waals surface area contributed by atoms with Crippen molar-refractivity contribution in [3.8, 4) is 0 Å². The predicted octanol–water partition coefficient (Wildman–Crippen LogP) is 3.82. The van der Waals surface area contributed by atoms with Gasteiger partial charge in [0, 0.05) is 16.6 Å². The van der Waals surface area contributed by atoms with E-state index in [1.54, 1.807) is 31.2 Å². The fourth-order valence-electron chi connectivity index (χ4n) is 2.65. The highest BCUT2D eigenvalue weighted by Crippen LogP contribution is 2.26. The number of halogens is 1. The normalized spacial score (nSPS) is 18.8. The number of hydrogen-bond donors (Lipinski definition) is 2. The molecule has 21 heavy (non-hydrogen) atoms. The van der Waals surface area contributed by atoms with Crippen LogP contribution in [0.2, 0.25) is 5.02 Å². The number of nitrogens with one attached hydrogen (secondary N) is 1. The number of aliphatic hydroxyl groups excluding tert-OH is 1. The molecule has 1 fully saturated rings. The Hall–Kier alpha value is -1.26. The molecule has 1 aliphatic carbocycles. The molecule has 1 aromatic carbocycles. The van der Waals surface area contributed by atoms with Gasteiger partial charge in [-0.25, -0.2) is 4.79 Å². The quantitative estimate of drug-likeness (QED) is 0.888. The topological polar surface area (TPSA) is 58.6 Å². The van der Waals surface area contributed by atoms with Crippen LogP contribution < -0.4 is 5.32 Å². The van der Waals surface area contributed by atoms with Crippen LogP contribution in [0.1, 0.15) is 50.7 Å². The average Bonchev–Trinajstić information content (AvgIpc) is 2.48. The second-order valence-corrected chi connectivity index (χ2v) is 5.96. The van der Waals surface area contributed by atoms with Crippen LogP contribution in [0.25, 0.3) is 0 Å². The molecule has 1 saturated carbocycles. The van der Waals surface area contributed by atoms with Crippen LogP contribution >= 0.6 is 11.6 Å². The highest BCUT2D eigenvalue weighted by atomic mass is 35.5. The summed E-state index contributed by atoms with van der Waals surface area (Å²) in [6, 6.07) is 7.20. The lowest BCUT2D eigenvalue weighted by Crippen LogP contribution is -2.38. The molecule has 0 spiro atoms. The number of benzene rings is 1. The molecule has 1 aromatic rings. The molecule has 0 radical (unpaired) electrons. The van der Waals surface area contributed by atoms with Crippen LogP contribution in [-0.2, 0) is 4.74 Å². The van der Waals surface area contributed by atoms with Crippen LogP contribution in [0, 0.1) is 0 Å². The molecule has 0 heterocycles. The summed E-state index contributed by atoms with van der Waals surface area (Å²) in [5.74, 6) is 0. The molecule has 0 aromatic heterocycles. The van der Waals surface area contributed by atoms with Gasteiger partial charge < -0.3 is 15.2 Å². The van der Waals surface area contributed by atoms with Crippen LogP contribution in [0.3, 0.4) is 0 Å². The lowest BCUT2D eigenvalue weighted by Gasteiger charge is -2.25. The van der Waals surface area contributed by atoms with Crippen molar-refractivity contribution in [2.24, 2.45) is 0 Å². The minimum Gasteiger partial charge on any atom is -0.443 e. The first-order valence-electron chi connectivity index (χ1n) is 7.47. The van der Waals surface area contributed by atoms with Crippen molar-refractivity contribution in [3.63, 3.8) is 0 Å². The highest BCUT2D eigenvalue weighted by molar-refractivity contribution is 6.31. The van der Waals surface area contributed by atoms with E-state index in [4.69, 9.17) is 16.3 Å². The van der Waals surface area contributed by atoms with Gasteiger partial charge in [-0.15, -0.1) is 0 Å². The summed E-state index contributed by atoms with van der Waals surface area (Å²) in [5, 5.41) is 13.6. The molecule has 1 amide bonds. The van der Waals surface area contributed by atoms with Gasteiger partial charge in [0.2, 0.25) is 0 Å². The van der Waals surface area contributed by atoms with E-state index in [1.165, 1.54) is 6.42 Å². The standard InChI is InChI=1S/C16H22ClNO3/c1-11(15(19)13-9-5-6-10-14(13)17)21-16(20)18-12-7-3-2-4-8-12/h5-6,9-12,15,19H,2-4,7-8H2,1H3,(H,18,20)/t11?,15-/m1/s1. The summed E-state index contributed by atoms with van der Waals surface area (Å²) in [4.78, 5) is 11.9. The summed E-state index contributed by atoms with van der Waals surface area (Å²) in [7, 11) is 0. The van der Waals surface area contributed by atoms with Crippen molar-refractivity contribution in [1.29, 1.82) is 0 Å². The van der Waals surface area contributed by atoms with Crippen molar-refractivity contribution in [2.75, 3.05) is 0 Å². The number of aliphatic hydroxyl groups is 1. The van der Waals surface area contributed by atoms with Crippen molar-refractivity contribution in [2.45, 2.75) is 57.3 Å². The maximum atomic E-state index is 11.9. The van der Waals surface area contributed by atoms with Crippen molar-refractivity contribution in [1.82, 2.24) is 5.32 Å². The molecule has 4 nitrogen and oxygen atoms in total. The van der Waals surface area contributed by atoms with E-state index < -0.39 is 18.3 Å². The Morgan fingerprint density at radius 1 is 1.33 bits per heavy atom. The lowest BCUT2D eigenvalue weighted by molar-refractivity contribution is 0.0103. The van der Waals surface area contributed by atoms with Gasteiger partial charge >= 0.3 is 6.09 Å². The van der Waals surface area contributed by atoms with E-state index in [9.17, 15) is 9.90 Å². The minimum absolute atomic E-state index is 0.191. The number of ether oxygens (including phenoxy) is 1. The zero-order chi connectivity index (χ0) is 15.2. The maximum absolute atomic E-state index is 11.9. The van der Waals surface area contributed by atoms with E-state index in [-0.39, 0.29) is 6.04 Å². The number of rotatable bonds is 4. The Bertz CT molecular complexity index is 474. The molecule has 0 bridgehead atoms. The molecule has 2 rings (SSSR count). The van der Waals surface area contributed by atoms with Gasteiger partial charge in [0.25, 0.3) is 0 Å². The third kappa shape index (κ3) is 4.61. The monoisotopic (exact) mass is 311 g/mol. The predicted molar refractivity (Wildman–Crippen MR) is 82.4 cm³/mol. The second kappa shape index (κ2) is 7.66. The minimum atomic E-state index is -0.934. The first-order valence-corrected chi connectivity index (χ1v) is 7.85. The summed E-state index contributed by atoms with van der Waals surface area (Å²) >= 11 is 6.04. The van der Waals surface area contributed by atoms with Crippen molar-refractivity contribution >= 4 is 17.7 Å². The first kappa shape index (κ1) is 16.1. The molecule has 0 saturated heterocycles. The van der Waals surface area contributed by atoms with Gasteiger partial charge in [0.1, 0.15) is 12.2 Å². The van der Waals surface area contributed by atoms with Crippen LogP contribution in [0.5, 0.6) is 0 Å². The van der Waals surface area contributed by atoms with Gasteiger partial charge in [-0.05, 0) is 25.8 Å². The zero-order valence-electron chi connectivity index (χ0n) is 12.2. The number of carbonyl (C=O) groups is 1. The smallest absolute Gasteiger partial charge is 0.407 e. The van der Waals surface area contributed by atoms with E-state index in [1.807, 2.05) is 0 Å². The summed E-state index contributed by atoms with van der Waals surface area (Å²) in [6.45, 7) is 1.66. The van der Waals surface area contributed by atoms with E-state index in [0.717, 1.165) is 25.7 Å². The molecule has 1 unspecified atom stereocenters. The van der Waals surface area contributed by atoms with Gasteiger partial charge in [0.05, 0.1) is 0 Å². The molecule has 2 N–H and O–H groups in total. The van der Waals surface area contributed by atoms with Gasteiger partial charge in [-0.1, -0.05) is 49.1 Å². The molecular weight excluding hydrogens is 290 g/mol. The zero-order valence-corrected chi connectivity index (χ0v) is 13.0. The van der Waals surface area contributed by atoms with Crippen LogP contribution in [-0.4, -0.2) is 23.3 Å². The fourth-order valence-corrected chi connectivity index (χ4v) is 2.90. The van der Waals surface area contributed by atoms with Gasteiger partial charge in [-0.3, -0.25) is 0 Å². The summed E-state index contributed by atoms with van der Waals surface area (Å²) in [5.41, 5.74) is 0.567. The number of alkyl carbamates (subject to hydrolysis) is 1. The average molecular weight is 312 g/mol. The molecule has 116 valence electrons.